The van der Waals surface area contributed by atoms with Gasteiger partial charge in [-0.15, -0.1) is 0 Å². The fourth-order valence-electron chi connectivity index (χ4n) is 1.98. The summed E-state index contributed by atoms with van der Waals surface area (Å²) in [6.07, 6.45) is 1.69. The van der Waals surface area contributed by atoms with E-state index in [1.54, 1.807) is 38.3 Å². The molecule has 6 heteroatoms. The molecular formula is C16H22N2O4. The largest absolute Gasteiger partial charge is 0.497 e. The first kappa shape index (κ1) is 17.8. The first-order valence-electron chi connectivity index (χ1n) is 7.31. The molecule has 0 radical (unpaired) electrons. The Bertz CT molecular complexity index is 499. The Morgan fingerprint density at radius 1 is 1.27 bits per heavy atom. The van der Waals surface area contributed by atoms with Gasteiger partial charge in [-0.05, 0) is 31.2 Å². The van der Waals surface area contributed by atoms with Crippen LogP contribution in [0.3, 0.4) is 0 Å². The zero-order chi connectivity index (χ0) is 16.4. The molecule has 0 aliphatic heterocycles. The van der Waals surface area contributed by atoms with Crippen LogP contribution in [-0.4, -0.2) is 32.0 Å². The highest BCUT2D eigenvalue weighted by molar-refractivity contribution is 5.76. The van der Waals surface area contributed by atoms with Crippen LogP contribution in [0.4, 0.5) is 5.69 Å². The molecule has 0 aliphatic rings. The molecule has 1 rings (SSSR count). The van der Waals surface area contributed by atoms with Gasteiger partial charge in [-0.25, -0.2) is 4.79 Å². The van der Waals surface area contributed by atoms with Crippen LogP contribution in [0.5, 0.6) is 5.75 Å². The van der Waals surface area contributed by atoms with Gasteiger partial charge in [-0.1, -0.05) is 13.3 Å². The maximum absolute atomic E-state index is 12.0. The van der Waals surface area contributed by atoms with Gasteiger partial charge in [-0.3, -0.25) is 0 Å². The summed E-state index contributed by atoms with van der Waals surface area (Å²) in [5.74, 6) is 0.0558. The standard InChI is InChI=1S/C16H22N2O4/c1-4-12(10-11-19)15(16(20)22-5-2)18-17-13-6-8-14(21-3)9-7-13/h6-9,11-12,15H,4-5,10H2,1-3H3/t12-,15?/m0/s1. The number of hydrogen-bond donors (Lipinski definition) is 0. The van der Waals surface area contributed by atoms with Crippen molar-refractivity contribution >= 4 is 17.9 Å². The number of azo groups is 1. The Morgan fingerprint density at radius 3 is 2.45 bits per heavy atom. The number of benzene rings is 1. The van der Waals surface area contributed by atoms with Gasteiger partial charge in [0.25, 0.3) is 0 Å². The first-order chi connectivity index (χ1) is 10.7. The lowest BCUT2D eigenvalue weighted by Gasteiger charge is -2.18. The van der Waals surface area contributed by atoms with Crippen LogP contribution < -0.4 is 4.74 Å². The van der Waals surface area contributed by atoms with E-state index in [2.05, 4.69) is 10.2 Å². The highest BCUT2D eigenvalue weighted by Crippen LogP contribution is 2.22. The highest BCUT2D eigenvalue weighted by Gasteiger charge is 2.28. The van der Waals surface area contributed by atoms with Gasteiger partial charge in [0, 0.05) is 12.3 Å². The maximum atomic E-state index is 12.0. The number of esters is 1. The van der Waals surface area contributed by atoms with E-state index >= 15 is 0 Å². The summed E-state index contributed by atoms with van der Waals surface area (Å²) < 4.78 is 10.1. The summed E-state index contributed by atoms with van der Waals surface area (Å²) in [5, 5.41) is 8.20. The first-order valence-corrected chi connectivity index (χ1v) is 7.31. The molecule has 0 heterocycles. The van der Waals surface area contributed by atoms with Crippen molar-refractivity contribution < 1.29 is 19.1 Å². The van der Waals surface area contributed by atoms with E-state index in [4.69, 9.17) is 9.47 Å². The fourth-order valence-corrected chi connectivity index (χ4v) is 1.98. The molecule has 1 aromatic rings. The molecular weight excluding hydrogens is 284 g/mol. The highest BCUT2D eigenvalue weighted by atomic mass is 16.5. The molecule has 0 saturated heterocycles. The number of carbonyl (C=O) groups excluding carboxylic acids is 2. The van der Waals surface area contributed by atoms with Gasteiger partial charge in [0.05, 0.1) is 19.4 Å². The van der Waals surface area contributed by atoms with Crippen LogP contribution in [0.15, 0.2) is 34.5 Å². The van der Waals surface area contributed by atoms with Gasteiger partial charge in [0.2, 0.25) is 0 Å². The topological polar surface area (TPSA) is 77.3 Å². The summed E-state index contributed by atoms with van der Waals surface area (Å²) >= 11 is 0. The molecule has 0 aromatic heterocycles. The molecule has 0 bridgehead atoms. The molecule has 6 nitrogen and oxygen atoms in total. The number of carbonyl (C=O) groups is 2. The lowest BCUT2D eigenvalue weighted by Crippen LogP contribution is -2.29. The quantitative estimate of drug-likeness (QED) is 0.398. The van der Waals surface area contributed by atoms with Crippen molar-refractivity contribution in [3.63, 3.8) is 0 Å². The molecule has 22 heavy (non-hydrogen) atoms. The lowest BCUT2D eigenvalue weighted by molar-refractivity contribution is -0.146. The Balaban J connectivity index is 2.91. The van der Waals surface area contributed by atoms with Crippen LogP contribution in [0.1, 0.15) is 26.7 Å². The third-order valence-electron chi connectivity index (χ3n) is 3.27. The molecule has 0 aliphatic carbocycles. The van der Waals surface area contributed by atoms with E-state index < -0.39 is 12.0 Å². The molecule has 1 aromatic carbocycles. The molecule has 0 N–H and O–H groups in total. The van der Waals surface area contributed by atoms with Gasteiger partial charge in [0.1, 0.15) is 12.0 Å². The van der Waals surface area contributed by atoms with Gasteiger partial charge in [-0.2, -0.15) is 10.2 Å². The minimum atomic E-state index is -0.766. The lowest BCUT2D eigenvalue weighted by atomic mass is 9.94. The Labute approximate surface area is 130 Å². The molecule has 2 atom stereocenters. The second kappa shape index (κ2) is 9.65. The number of ether oxygens (including phenoxy) is 2. The average molecular weight is 306 g/mol. The maximum Gasteiger partial charge on any atom is 0.333 e. The van der Waals surface area contributed by atoms with E-state index in [0.29, 0.717) is 17.9 Å². The SMILES string of the molecule is CCOC(=O)C(N=Nc1ccc(OC)cc1)[C@@H](CC)CC=O. The van der Waals surface area contributed by atoms with Crippen LogP contribution in [0.2, 0.25) is 0 Å². The van der Waals surface area contributed by atoms with Crippen molar-refractivity contribution in [1.82, 2.24) is 0 Å². The van der Waals surface area contributed by atoms with Crippen molar-refractivity contribution in [2.75, 3.05) is 13.7 Å². The van der Waals surface area contributed by atoms with E-state index in [-0.39, 0.29) is 18.9 Å². The van der Waals surface area contributed by atoms with Crippen LogP contribution >= 0.6 is 0 Å². The second-order valence-electron chi connectivity index (χ2n) is 4.68. The Morgan fingerprint density at radius 2 is 1.95 bits per heavy atom. The van der Waals surface area contributed by atoms with E-state index in [1.165, 1.54) is 0 Å². The molecule has 120 valence electrons. The summed E-state index contributed by atoms with van der Waals surface area (Å²) in [5.41, 5.74) is 0.607. The Kier molecular flexibility index (Phi) is 7.81. The second-order valence-corrected chi connectivity index (χ2v) is 4.68. The number of rotatable bonds is 9. The summed E-state index contributed by atoms with van der Waals surface area (Å²) in [7, 11) is 1.58. The zero-order valence-electron chi connectivity index (χ0n) is 13.2. The van der Waals surface area contributed by atoms with Crippen molar-refractivity contribution in [2.45, 2.75) is 32.7 Å². The van der Waals surface area contributed by atoms with E-state index in [0.717, 1.165) is 6.29 Å². The fraction of sp³-hybridized carbons (Fsp3) is 0.500. The van der Waals surface area contributed by atoms with Crippen molar-refractivity contribution in [1.29, 1.82) is 0 Å². The molecule has 0 fully saturated rings. The number of aldehydes is 1. The summed E-state index contributed by atoms with van der Waals surface area (Å²) in [6, 6.07) is 6.24. The van der Waals surface area contributed by atoms with Crippen molar-refractivity contribution in [3.05, 3.63) is 24.3 Å². The normalized spacial score (nSPS) is 13.6. The third kappa shape index (κ3) is 5.27. The van der Waals surface area contributed by atoms with E-state index in [1.807, 2.05) is 6.92 Å². The number of hydrogen-bond acceptors (Lipinski definition) is 6. The average Bonchev–Trinajstić information content (AvgIpc) is 2.54. The molecule has 0 saturated carbocycles. The van der Waals surface area contributed by atoms with Crippen LogP contribution in [0.25, 0.3) is 0 Å². The third-order valence-corrected chi connectivity index (χ3v) is 3.27. The number of methoxy groups -OCH3 is 1. The summed E-state index contributed by atoms with van der Waals surface area (Å²) in [4.78, 5) is 22.8. The van der Waals surface area contributed by atoms with Gasteiger partial charge >= 0.3 is 5.97 Å². The predicted molar refractivity (Wildman–Crippen MR) is 82.4 cm³/mol. The van der Waals surface area contributed by atoms with Gasteiger partial charge < -0.3 is 14.3 Å². The zero-order valence-corrected chi connectivity index (χ0v) is 13.2. The molecule has 1 unspecified atom stereocenters. The van der Waals surface area contributed by atoms with Crippen molar-refractivity contribution in [2.24, 2.45) is 16.1 Å². The monoisotopic (exact) mass is 306 g/mol. The minimum Gasteiger partial charge on any atom is -0.497 e. The predicted octanol–water partition coefficient (Wildman–Crippen LogP) is 3.33. The minimum absolute atomic E-state index is 0.210. The Hall–Kier alpha value is -2.24. The van der Waals surface area contributed by atoms with Crippen molar-refractivity contribution in [3.8, 4) is 5.75 Å². The van der Waals surface area contributed by atoms with E-state index in [9.17, 15) is 9.59 Å². The smallest absolute Gasteiger partial charge is 0.333 e. The van der Waals surface area contributed by atoms with Crippen LogP contribution in [0, 0.1) is 5.92 Å². The van der Waals surface area contributed by atoms with Gasteiger partial charge in [0.15, 0.2) is 6.04 Å². The summed E-state index contributed by atoms with van der Waals surface area (Å²) in [6.45, 7) is 3.91. The number of nitrogens with zero attached hydrogens (tertiary/aromatic N) is 2. The molecule has 0 spiro atoms. The molecule has 0 amide bonds. The van der Waals surface area contributed by atoms with Crippen LogP contribution in [-0.2, 0) is 14.3 Å².